The third-order valence-corrected chi connectivity index (χ3v) is 4.17. The number of carbonyl (C=O) groups is 1. The molecule has 0 fully saturated rings. The van der Waals surface area contributed by atoms with Crippen LogP contribution in [0.3, 0.4) is 0 Å². The number of nitrogens with one attached hydrogen (secondary N) is 1. The number of rotatable bonds is 6. The van der Waals surface area contributed by atoms with Crippen LogP contribution >= 0.6 is 11.6 Å². The van der Waals surface area contributed by atoms with Crippen molar-refractivity contribution >= 4 is 23.6 Å². The molecule has 0 saturated carbocycles. The normalized spacial score (nSPS) is 11.4. The predicted octanol–water partition coefficient (Wildman–Crippen LogP) is 3.99. The van der Waals surface area contributed by atoms with E-state index < -0.39 is 0 Å². The summed E-state index contributed by atoms with van der Waals surface area (Å²) in [7, 11) is 0. The lowest BCUT2D eigenvalue weighted by atomic mass is 10.1. The van der Waals surface area contributed by atoms with Crippen molar-refractivity contribution in [3.8, 4) is 0 Å². The van der Waals surface area contributed by atoms with E-state index in [1.54, 1.807) is 6.08 Å². The number of aryl methyl sites for hydroxylation is 1. The van der Waals surface area contributed by atoms with Gasteiger partial charge in [-0.3, -0.25) is 9.48 Å². The van der Waals surface area contributed by atoms with Crippen LogP contribution in [0.5, 0.6) is 0 Å². The van der Waals surface area contributed by atoms with Crippen molar-refractivity contribution in [1.82, 2.24) is 15.1 Å². The van der Waals surface area contributed by atoms with E-state index in [2.05, 4.69) is 24.3 Å². The fourth-order valence-electron chi connectivity index (χ4n) is 2.42. The molecule has 1 amide bonds. The number of amides is 1. The van der Waals surface area contributed by atoms with E-state index >= 15 is 0 Å². The van der Waals surface area contributed by atoms with Crippen molar-refractivity contribution in [2.75, 3.05) is 6.54 Å². The van der Waals surface area contributed by atoms with Crippen LogP contribution in [0.2, 0.25) is 5.02 Å². The van der Waals surface area contributed by atoms with Gasteiger partial charge in [-0.05, 0) is 37.5 Å². The van der Waals surface area contributed by atoms with E-state index in [1.807, 2.05) is 48.9 Å². The van der Waals surface area contributed by atoms with Gasteiger partial charge in [-0.1, -0.05) is 43.6 Å². The Morgan fingerprint density at radius 1 is 1.33 bits per heavy atom. The van der Waals surface area contributed by atoms with Crippen molar-refractivity contribution in [3.63, 3.8) is 0 Å². The Labute approximate surface area is 148 Å². The van der Waals surface area contributed by atoms with Gasteiger partial charge in [0.05, 0.1) is 12.2 Å². The van der Waals surface area contributed by atoms with Gasteiger partial charge in [0.15, 0.2) is 0 Å². The largest absolute Gasteiger partial charge is 0.352 e. The van der Waals surface area contributed by atoms with Crippen molar-refractivity contribution < 1.29 is 4.79 Å². The Kier molecular flexibility index (Phi) is 6.21. The second-order valence-corrected chi connectivity index (χ2v) is 6.71. The first-order chi connectivity index (χ1) is 11.4. The second-order valence-electron chi connectivity index (χ2n) is 6.31. The molecule has 128 valence electrons. The SMILES string of the molecule is Cc1nn(Cc2ccccc2Cl)c(C)c1/C=C/C(=O)NCC(C)C. The Hall–Kier alpha value is -2.07. The van der Waals surface area contributed by atoms with Crippen LogP contribution in [-0.2, 0) is 11.3 Å². The third-order valence-electron chi connectivity index (χ3n) is 3.80. The van der Waals surface area contributed by atoms with Gasteiger partial charge in [0, 0.05) is 28.9 Å². The number of nitrogens with zero attached hydrogens (tertiary/aromatic N) is 2. The summed E-state index contributed by atoms with van der Waals surface area (Å²) in [6.45, 7) is 9.37. The fourth-order valence-corrected chi connectivity index (χ4v) is 2.61. The quantitative estimate of drug-likeness (QED) is 0.805. The summed E-state index contributed by atoms with van der Waals surface area (Å²) < 4.78 is 1.92. The van der Waals surface area contributed by atoms with Gasteiger partial charge in [-0.2, -0.15) is 5.10 Å². The maximum atomic E-state index is 11.8. The molecule has 24 heavy (non-hydrogen) atoms. The highest BCUT2D eigenvalue weighted by Crippen LogP contribution is 2.20. The predicted molar refractivity (Wildman–Crippen MR) is 99.1 cm³/mol. The number of hydrogen-bond donors (Lipinski definition) is 1. The standard InChI is InChI=1S/C19H24ClN3O/c1-13(2)11-21-19(24)10-9-17-14(3)22-23(15(17)4)12-16-7-5-6-8-18(16)20/h5-10,13H,11-12H2,1-4H3,(H,21,24)/b10-9+. The van der Waals surface area contributed by atoms with Gasteiger partial charge in [0.2, 0.25) is 5.91 Å². The molecular formula is C19H24ClN3O. The number of hydrogen-bond acceptors (Lipinski definition) is 2. The lowest BCUT2D eigenvalue weighted by Crippen LogP contribution is -2.25. The highest BCUT2D eigenvalue weighted by atomic mass is 35.5. The lowest BCUT2D eigenvalue weighted by molar-refractivity contribution is -0.116. The molecule has 0 aliphatic heterocycles. The van der Waals surface area contributed by atoms with E-state index in [9.17, 15) is 4.79 Å². The van der Waals surface area contributed by atoms with Crippen molar-refractivity contribution in [3.05, 3.63) is 57.9 Å². The molecule has 2 rings (SSSR count). The Bertz CT molecular complexity index is 747. The summed E-state index contributed by atoms with van der Waals surface area (Å²) in [5.41, 5.74) is 3.91. The summed E-state index contributed by atoms with van der Waals surface area (Å²) >= 11 is 6.23. The first-order valence-corrected chi connectivity index (χ1v) is 8.49. The molecule has 1 heterocycles. The average molecular weight is 346 g/mol. The Balaban J connectivity index is 2.14. The van der Waals surface area contributed by atoms with Crippen LogP contribution < -0.4 is 5.32 Å². The van der Waals surface area contributed by atoms with Crippen LogP contribution in [0.4, 0.5) is 0 Å². The highest BCUT2D eigenvalue weighted by molar-refractivity contribution is 6.31. The topological polar surface area (TPSA) is 46.9 Å². The summed E-state index contributed by atoms with van der Waals surface area (Å²) in [4.78, 5) is 11.8. The third kappa shape index (κ3) is 4.71. The zero-order valence-electron chi connectivity index (χ0n) is 14.6. The lowest BCUT2D eigenvalue weighted by Gasteiger charge is -2.07. The molecule has 0 spiro atoms. The van der Waals surface area contributed by atoms with Gasteiger partial charge >= 0.3 is 0 Å². The van der Waals surface area contributed by atoms with Crippen LogP contribution in [0.25, 0.3) is 6.08 Å². The summed E-state index contributed by atoms with van der Waals surface area (Å²) in [6, 6.07) is 7.75. The van der Waals surface area contributed by atoms with Crippen molar-refractivity contribution in [2.24, 2.45) is 5.92 Å². The molecule has 0 bridgehead atoms. The number of halogens is 1. The monoisotopic (exact) mass is 345 g/mol. The number of aromatic nitrogens is 2. The van der Waals surface area contributed by atoms with Crippen LogP contribution in [0, 0.1) is 19.8 Å². The number of carbonyl (C=O) groups excluding carboxylic acids is 1. The molecule has 1 aromatic heterocycles. The molecule has 5 heteroatoms. The first-order valence-electron chi connectivity index (χ1n) is 8.11. The fraction of sp³-hybridized carbons (Fsp3) is 0.368. The highest BCUT2D eigenvalue weighted by Gasteiger charge is 2.11. The maximum absolute atomic E-state index is 11.8. The molecule has 1 N–H and O–H groups in total. The molecule has 0 saturated heterocycles. The van der Waals surface area contributed by atoms with Gasteiger partial charge in [-0.25, -0.2) is 0 Å². The summed E-state index contributed by atoms with van der Waals surface area (Å²) in [5, 5.41) is 8.18. The van der Waals surface area contributed by atoms with Crippen molar-refractivity contribution in [1.29, 1.82) is 0 Å². The molecule has 0 unspecified atom stereocenters. The molecule has 0 atom stereocenters. The zero-order valence-corrected chi connectivity index (χ0v) is 15.4. The first kappa shape index (κ1) is 18.3. The molecule has 0 radical (unpaired) electrons. The van der Waals surface area contributed by atoms with Gasteiger partial charge in [-0.15, -0.1) is 0 Å². The zero-order chi connectivity index (χ0) is 17.7. The summed E-state index contributed by atoms with van der Waals surface area (Å²) in [6.07, 6.45) is 3.40. The summed E-state index contributed by atoms with van der Waals surface area (Å²) in [5.74, 6) is 0.352. The number of benzene rings is 1. The molecule has 0 aliphatic carbocycles. The van der Waals surface area contributed by atoms with Gasteiger partial charge < -0.3 is 5.32 Å². The van der Waals surface area contributed by atoms with Crippen LogP contribution in [0.15, 0.2) is 30.3 Å². The smallest absolute Gasteiger partial charge is 0.244 e. The minimum atomic E-state index is -0.0821. The molecule has 2 aromatic rings. The molecule has 4 nitrogen and oxygen atoms in total. The van der Waals surface area contributed by atoms with Crippen LogP contribution in [-0.4, -0.2) is 22.2 Å². The molecule has 0 aliphatic rings. The average Bonchev–Trinajstić information content (AvgIpc) is 2.79. The van der Waals surface area contributed by atoms with E-state index in [1.165, 1.54) is 0 Å². The van der Waals surface area contributed by atoms with E-state index in [0.717, 1.165) is 27.5 Å². The second kappa shape index (κ2) is 8.15. The van der Waals surface area contributed by atoms with Gasteiger partial charge in [0.25, 0.3) is 0 Å². The van der Waals surface area contributed by atoms with Gasteiger partial charge in [0.1, 0.15) is 0 Å². The van der Waals surface area contributed by atoms with Crippen LogP contribution in [0.1, 0.15) is 36.4 Å². The van der Waals surface area contributed by atoms with Crippen molar-refractivity contribution in [2.45, 2.75) is 34.2 Å². The molecule has 1 aromatic carbocycles. The van der Waals surface area contributed by atoms with E-state index in [-0.39, 0.29) is 5.91 Å². The van der Waals surface area contributed by atoms with E-state index in [0.29, 0.717) is 19.0 Å². The maximum Gasteiger partial charge on any atom is 0.244 e. The van der Waals surface area contributed by atoms with E-state index in [4.69, 9.17) is 11.6 Å². The Morgan fingerprint density at radius 2 is 2.04 bits per heavy atom. The minimum Gasteiger partial charge on any atom is -0.352 e. The minimum absolute atomic E-state index is 0.0821. The molecular weight excluding hydrogens is 322 g/mol. The Morgan fingerprint density at radius 3 is 2.71 bits per heavy atom.